The number of nitrogens with zero attached hydrogens (tertiary/aromatic N) is 2. The molecule has 1 aliphatic rings. The van der Waals surface area contributed by atoms with Gasteiger partial charge in [0.15, 0.2) is 5.78 Å². The van der Waals surface area contributed by atoms with E-state index < -0.39 is 0 Å². The highest BCUT2D eigenvalue weighted by Crippen LogP contribution is 2.25. The van der Waals surface area contributed by atoms with Crippen molar-refractivity contribution in [2.45, 2.75) is 26.3 Å². The van der Waals surface area contributed by atoms with Crippen molar-refractivity contribution in [3.05, 3.63) is 47.3 Å². The number of methoxy groups -OCH3 is 1. The highest BCUT2D eigenvalue weighted by molar-refractivity contribution is 5.98. The number of hydrogen-bond acceptors (Lipinski definition) is 3. The fourth-order valence-corrected chi connectivity index (χ4v) is 2.73. The Hall–Kier alpha value is -2.10. The quantitative estimate of drug-likeness (QED) is 0.861. The summed E-state index contributed by atoms with van der Waals surface area (Å²) in [4.78, 5) is 12.0. The SMILES string of the molecule is COc1ccc(Cn2ncc3c2CC(C)CC3=O)cc1. The Morgan fingerprint density at radius 1 is 1.30 bits per heavy atom. The number of benzene rings is 1. The number of rotatable bonds is 3. The van der Waals surface area contributed by atoms with Crippen molar-refractivity contribution in [1.82, 2.24) is 9.78 Å². The molecule has 4 heteroatoms. The molecule has 20 heavy (non-hydrogen) atoms. The molecular weight excluding hydrogens is 252 g/mol. The van der Waals surface area contributed by atoms with Crippen molar-refractivity contribution in [2.75, 3.05) is 7.11 Å². The minimum absolute atomic E-state index is 0.222. The summed E-state index contributed by atoms with van der Waals surface area (Å²) in [6.07, 6.45) is 3.28. The summed E-state index contributed by atoms with van der Waals surface area (Å²) < 4.78 is 7.11. The van der Waals surface area contributed by atoms with Gasteiger partial charge in [-0.25, -0.2) is 0 Å². The average Bonchev–Trinajstić information content (AvgIpc) is 2.83. The molecule has 104 valence electrons. The molecule has 0 saturated carbocycles. The predicted octanol–water partition coefficient (Wildman–Crippen LogP) is 2.71. The van der Waals surface area contributed by atoms with E-state index in [1.54, 1.807) is 13.3 Å². The zero-order valence-corrected chi connectivity index (χ0v) is 11.8. The van der Waals surface area contributed by atoms with Gasteiger partial charge in [-0.15, -0.1) is 0 Å². The van der Waals surface area contributed by atoms with Gasteiger partial charge in [0.05, 0.1) is 25.4 Å². The molecule has 1 heterocycles. The lowest BCUT2D eigenvalue weighted by atomic mass is 9.88. The first-order chi connectivity index (χ1) is 9.67. The zero-order valence-electron chi connectivity index (χ0n) is 11.8. The minimum atomic E-state index is 0.222. The minimum Gasteiger partial charge on any atom is -0.497 e. The van der Waals surface area contributed by atoms with Crippen LogP contribution in [0.1, 0.15) is 35.0 Å². The van der Waals surface area contributed by atoms with Gasteiger partial charge >= 0.3 is 0 Å². The maximum atomic E-state index is 12.0. The van der Waals surface area contributed by atoms with Crippen LogP contribution in [0.4, 0.5) is 0 Å². The van der Waals surface area contributed by atoms with E-state index in [4.69, 9.17) is 4.74 Å². The number of carbonyl (C=O) groups excluding carboxylic acids is 1. The van der Waals surface area contributed by atoms with Gasteiger partial charge in [0.1, 0.15) is 5.75 Å². The highest BCUT2D eigenvalue weighted by Gasteiger charge is 2.26. The number of ether oxygens (including phenoxy) is 1. The Bertz CT molecular complexity index is 628. The Balaban J connectivity index is 1.86. The Morgan fingerprint density at radius 2 is 2.05 bits per heavy atom. The fraction of sp³-hybridized carbons (Fsp3) is 0.375. The van der Waals surface area contributed by atoms with Crippen LogP contribution in [0.15, 0.2) is 30.5 Å². The van der Waals surface area contributed by atoms with Gasteiger partial charge in [-0.1, -0.05) is 19.1 Å². The summed E-state index contributed by atoms with van der Waals surface area (Å²) in [5, 5.41) is 4.39. The van der Waals surface area contributed by atoms with Crippen LogP contribution in [0.25, 0.3) is 0 Å². The molecule has 1 aromatic carbocycles. The van der Waals surface area contributed by atoms with Crippen LogP contribution in [0, 0.1) is 5.92 Å². The lowest BCUT2D eigenvalue weighted by Gasteiger charge is -2.18. The number of ketones is 1. The van der Waals surface area contributed by atoms with E-state index in [0.717, 1.165) is 29.0 Å². The second kappa shape index (κ2) is 5.12. The molecule has 0 aliphatic heterocycles. The molecule has 0 fully saturated rings. The second-order valence-electron chi connectivity index (χ2n) is 5.45. The molecule has 1 aliphatic carbocycles. The van der Waals surface area contributed by atoms with Gasteiger partial charge in [0, 0.05) is 12.1 Å². The van der Waals surface area contributed by atoms with Crippen molar-refractivity contribution in [2.24, 2.45) is 5.92 Å². The van der Waals surface area contributed by atoms with E-state index in [1.165, 1.54) is 0 Å². The number of fused-ring (bicyclic) bond motifs is 1. The van der Waals surface area contributed by atoms with Crippen molar-refractivity contribution in [3.63, 3.8) is 0 Å². The smallest absolute Gasteiger partial charge is 0.166 e. The van der Waals surface area contributed by atoms with Gasteiger partial charge in [-0.3, -0.25) is 9.48 Å². The van der Waals surface area contributed by atoms with E-state index in [9.17, 15) is 4.79 Å². The first-order valence-corrected chi connectivity index (χ1v) is 6.88. The fourth-order valence-electron chi connectivity index (χ4n) is 2.73. The predicted molar refractivity (Wildman–Crippen MR) is 76.1 cm³/mol. The molecule has 0 radical (unpaired) electrons. The molecule has 3 rings (SSSR count). The summed E-state index contributed by atoms with van der Waals surface area (Å²) in [5.41, 5.74) is 3.03. The monoisotopic (exact) mass is 270 g/mol. The van der Waals surface area contributed by atoms with Crippen LogP contribution in [0.5, 0.6) is 5.75 Å². The number of carbonyl (C=O) groups is 1. The first-order valence-electron chi connectivity index (χ1n) is 6.88. The molecule has 4 nitrogen and oxygen atoms in total. The summed E-state index contributed by atoms with van der Waals surface area (Å²) in [7, 11) is 1.66. The molecule has 2 aromatic rings. The third-order valence-corrected chi connectivity index (χ3v) is 3.82. The zero-order chi connectivity index (χ0) is 14.1. The Kier molecular flexibility index (Phi) is 3.30. The van der Waals surface area contributed by atoms with Gasteiger partial charge in [0.25, 0.3) is 0 Å². The maximum absolute atomic E-state index is 12.0. The van der Waals surface area contributed by atoms with Gasteiger partial charge < -0.3 is 4.74 Å². The lowest BCUT2D eigenvalue weighted by Crippen LogP contribution is -2.20. The molecule has 1 unspecified atom stereocenters. The molecule has 0 amide bonds. The van der Waals surface area contributed by atoms with E-state index in [2.05, 4.69) is 12.0 Å². The Labute approximate surface area is 118 Å². The largest absolute Gasteiger partial charge is 0.497 e. The normalized spacial score (nSPS) is 17.9. The van der Waals surface area contributed by atoms with Crippen molar-refractivity contribution in [1.29, 1.82) is 0 Å². The molecule has 1 aromatic heterocycles. The number of hydrogen-bond donors (Lipinski definition) is 0. The topological polar surface area (TPSA) is 44.1 Å². The average molecular weight is 270 g/mol. The summed E-state index contributed by atoms with van der Waals surface area (Å²) in [6, 6.07) is 7.94. The van der Waals surface area contributed by atoms with Gasteiger partial charge in [0.2, 0.25) is 0 Å². The van der Waals surface area contributed by atoms with E-state index in [1.807, 2.05) is 28.9 Å². The summed E-state index contributed by atoms with van der Waals surface area (Å²) in [6.45, 7) is 2.81. The van der Waals surface area contributed by atoms with Crippen LogP contribution in [-0.4, -0.2) is 22.7 Å². The molecule has 0 N–H and O–H groups in total. The number of Topliss-reactive ketones (excluding diaryl/α,β-unsaturated/α-hetero) is 1. The lowest BCUT2D eigenvalue weighted by molar-refractivity contribution is 0.0952. The number of aromatic nitrogens is 2. The maximum Gasteiger partial charge on any atom is 0.166 e. The first kappa shape index (κ1) is 12.9. The van der Waals surface area contributed by atoms with Crippen molar-refractivity contribution < 1.29 is 9.53 Å². The van der Waals surface area contributed by atoms with Crippen LogP contribution in [0.3, 0.4) is 0 Å². The van der Waals surface area contributed by atoms with Crippen LogP contribution >= 0.6 is 0 Å². The van der Waals surface area contributed by atoms with Crippen LogP contribution in [0.2, 0.25) is 0 Å². The van der Waals surface area contributed by atoms with Gasteiger partial charge in [-0.05, 0) is 30.0 Å². The van der Waals surface area contributed by atoms with E-state index in [0.29, 0.717) is 18.9 Å². The third kappa shape index (κ3) is 2.33. The summed E-state index contributed by atoms with van der Waals surface area (Å²) >= 11 is 0. The van der Waals surface area contributed by atoms with Crippen molar-refractivity contribution >= 4 is 5.78 Å². The van der Waals surface area contributed by atoms with Gasteiger partial charge in [-0.2, -0.15) is 5.10 Å². The molecule has 0 spiro atoms. The second-order valence-corrected chi connectivity index (χ2v) is 5.45. The Morgan fingerprint density at radius 3 is 2.75 bits per heavy atom. The molecule has 0 bridgehead atoms. The summed E-state index contributed by atoms with van der Waals surface area (Å²) in [5.74, 6) is 1.47. The van der Waals surface area contributed by atoms with E-state index in [-0.39, 0.29) is 5.78 Å². The molecular formula is C16H18N2O2. The van der Waals surface area contributed by atoms with Crippen LogP contribution < -0.4 is 4.74 Å². The molecule has 1 atom stereocenters. The standard InChI is InChI=1S/C16H18N2O2/c1-11-7-15-14(16(19)8-11)9-17-18(15)10-12-3-5-13(20-2)6-4-12/h3-6,9,11H,7-8,10H2,1-2H3. The van der Waals surface area contributed by atoms with E-state index >= 15 is 0 Å². The van der Waals surface area contributed by atoms with Crippen LogP contribution in [-0.2, 0) is 13.0 Å². The third-order valence-electron chi connectivity index (χ3n) is 3.82. The van der Waals surface area contributed by atoms with Crippen molar-refractivity contribution in [3.8, 4) is 5.75 Å². The highest BCUT2D eigenvalue weighted by atomic mass is 16.5. The molecule has 0 saturated heterocycles.